The Hall–Kier alpha value is -2.31. The van der Waals surface area contributed by atoms with Gasteiger partial charge >= 0.3 is 12.2 Å². The van der Waals surface area contributed by atoms with E-state index in [9.17, 15) is 26.4 Å². The quantitative estimate of drug-likeness (QED) is 0.687. The number of carbonyl (C=O) groups excluding carboxylic acids is 1. The lowest BCUT2D eigenvalue weighted by Crippen LogP contribution is -2.36. The fraction of sp³-hybridized carbons (Fsp3) is 0.500. The van der Waals surface area contributed by atoms with E-state index in [1.807, 2.05) is 4.90 Å². The molecule has 0 saturated carbocycles. The number of nitrogens with one attached hydrogen (secondary N) is 1. The molecular weight excluding hydrogens is 483 g/mol. The number of likely N-dealkylation sites (tertiary alicyclic amines) is 2. The lowest BCUT2D eigenvalue weighted by atomic mass is 9.86. The van der Waals surface area contributed by atoms with Gasteiger partial charge in [0.2, 0.25) is 10.0 Å². The summed E-state index contributed by atoms with van der Waals surface area (Å²) in [6.45, 7) is 2.27. The van der Waals surface area contributed by atoms with Crippen LogP contribution in [0, 0.1) is 5.41 Å². The molecule has 13 heteroatoms. The van der Waals surface area contributed by atoms with Crippen molar-refractivity contribution in [3.8, 4) is 0 Å². The maximum absolute atomic E-state index is 13.4. The molecule has 1 N–H and O–H groups in total. The van der Waals surface area contributed by atoms with Crippen LogP contribution in [0.25, 0.3) is 0 Å². The molecule has 1 aromatic heterocycles. The molecule has 4 rings (SSSR count). The fourth-order valence-corrected chi connectivity index (χ4v) is 5.37. The Kier molecular flexibility index (Phi) is 6.12. The summed E-state index contributed by atoms with van der Waals surface area (Å²) in [5.41, 5.74) is -0.560. The van der Waals surface area contributed by atoms with Gasteiger partial charge in [-0.1, -0.05) is 11.6 Å². The van der Waals surface area contributed by atoms with Crippen LogP contribution in [0.1, 0.15) is 24.0 Å². The van der Waals surface area contributed by atoms with Gasteiger partial charge in [-0.15, -0.1) is 0 Å². The van der Waals surface area contributed by atoms with Crippen molar-refractivity contribution in [1.29, 1.82) is 0 Å². The number of hydrogen-bond donors (Lipinski definition) is 1. The SMILES string of the molecule is CS(=O)(=O)Nc1cnn(C(=O)N2CCC3(CCN(Cc4cc(Cl)ccc4C(F)(F)F)C3)C2)c1. The third-order valence-electron chi connectivity index (χ3n) is 6.07. The third-order valence-corrected chi connectivity index (χ3v) is 6.92. The van der Waals surface area contributed by atoms with Crippen LogP contribution >= 0.6 is 11.6 Å². The van der Waals surface area contributed by atoms with E-state index in [-0.39, 0.29) is 34.3 Å². The van der Waals surface area contributed by atoms with E-state index in [4.69, 9.17) is 11.6 Å². The fourth-order valence-electron chi connectivity index (χ4n) is 4.64. The summed E-state index contributed by atoms with van der Waals surface area (Å²) in [5, 5.41) is 4.20. The Labute approximate surface area is 194 Å². The molecule has 1 spiro atoms. The van der Waals surface area contributed by atoms with Crippen LogP contribution in [0.3, 0.4) is 0 Å². The van der Waals surface area contributed by atoms with Crippen LogP contribution in [0.2, 0.25) is 5.02 Å². The summed E-state index contributed by atoms with van der Waals surface area (Å²) in [6, 6.07) is 3.24. The molecule has 0 aliphatic carbocycles. The highest BCUT2D eigenvalue weighted by Crippen LogP contribution is 2.41. The van der Waals surface area contributed by atoms with Crippen LogP contribution in [-0.4, -0.2) is 66.5 Å². The first kappa shape index (κ1) is 23.8. The molecular formula is C20H23ClF3N5O3S. The minimum absolute atomic E-state index is 0.130. The minimum atomic E-state index is -4.46. The van der Waals surface area contributed by atoms with Crippen LogP contribution in [0.15, 0.2) is 30.6 Å². The van der Waals surface area contributed by atoms with Crippen molar-refractivity contribution in [3.63, 3.8) is 0 Å². The van der Waals surface area contributed by atoms with E-state index in [0.717, 1.165) is 29.8 Å². The normalized spacial score (nSPS) is 21.8. The molecule has 2 aromatic rings. The average Bonchev–Trinajstić information content (AvgIpc) is 3.40. The number of nitrogens with zero attached hydrogens (tertiary/aromatic N) is 4. The van der Waals surface area contributed by atoms with Gasteiger partial charge in [0.1, 0.15) is 0 Å². The van der Waals surface area contributed by atoms with Crippen molar-refractivity contribution in [2.24, 2.45) is 5.41 Å². The highest BCUT2D eigenvalue weighted by atomic mass is 35.5. The molecule has 2 aliphatic rings. The van der Waals surface area contributed by atoms with Crippen molar-refractivity contribution in [3.05, 3.63) is 46.7 Å². The largest absolute Gasteiger partial charge is 0.416 e. The van der Waals surface area contributed by atoms with Gasteiger partial charge in [-0.3, -0.25) is 9.62 Å². The topological polar surface area (TPSA) is 87.5 Å². The lowest BCUT2D eigenvalue weighted by Gasteiger charge is -2.25. The minimum Gasteiger partial charge on any atom is -0.322 e. The molecule has 2 saturated heterocycles. The maximum atomic E-state index is 13.4. The van der Waals surface area contributed by atoms with Crippen molar-refractivity contribution in [2.45, 2.75) is 25.6 Å². The van der Waals surface area contributed by atoms with E-state index >= 15 is 0 Å². The number of sulfonamides is 1. The number of alkyl halides is 3. The first-order valence-corrected chi connectivity index (χ1v) is 12.5. The molecule has 2 fully saturated rings. The Balaban J connectivity index is 1.41. The van der Waals surface area contributed by atoms with Gasteiger partial charge in [0.05, 0.1) is 29.9 Å². The summed E-state index contributed by atoms with van der Waals surface area (Å²) >= 11 is 5.95. The smallest absolute Gasteiger partial charge is 0.322 e. The van der Waals surface area contributed by atoms with Crippen LogP contribution in [-0.2, 0) is 22.7 Å². The molecule has 3 heterocycles. The number of carbonyl (C=O) groups is 1. The van der Waals surface area contributed by atoms with Crippen molar-refractivity contribution in [2.75, 3.05) is 37.2 Å². The number of amides is 1. The summed E-state index contributed by atoms with van der Waals surface area (Å²) in [7, 11) is -3.49. The zero-order valence-corrected chi connectivity index (χ0v) is 19.3. The van der Waals surface area contributed by atoms with Crippen LogP contribution in [0.5, 0.6) is 0 Å². The van der Waals surface area contributed by atoms with Gasteiger partial charge in [-0.2, -0.15) is 23.0 Å². The molecule has 1 aromatic carbocycles. The van der Waals surface area contributed by atoms with Gasteiger partial charge < -0.3 is 4.90 Å². The molecule has 1 amide bonds. The van der Waals surface area contributed by atoms with Crippen LogP contribution < -0.4 is 4.72 Å². The van der Waals surface area contributed by atoms with Crippen molar-refractivity contribution in [1.82, 2.24) is 19.6 Å². The third kappa shape index (κ3) is 5.44. The second-order valence-electron chi connectivity index (χ2n) is 8.76. The predicted molar refractivity (Wildman–Crippen MR) is 116 cm³/mol. The number of aromatic nitrogens is 2. The summed E-state index contributed by atoms with van der Waals surface area (Å²) in [5.74, 6) is 0. The number of hydrogen-bond acceptors (Lipinski definition) is 5. The lowest BCUT2D eigenvalue weighted by molar-refractivity contribution is -0.138. The van der Waals surface area contributed by atoms with Gasteiger partial charge in [0.15, 0.2) is 0 Å². The zero-order chi connectivity index (χ0) is 24.0. The Morgan fingerprint density at radius 2 is 1.97 bits per heavy atom. The molecule has 1 atom stereocenters. The van der Waals surface area contributed by atoms with E-state index in [1.165, 1.54) is 24.5 Å². The summed E-state index contributed by atoms with van der Waals surface area (Å²) in [6.07, 6.45) is 0.607. The predicted octanol–water partition coefficient (Wildman–Crippen LogP) is 3.49. The van der Waals surface area contributed by atoms with E-state index < -0.39 is 21.8 Å². The second-order valence-corrected chi connectivity index (χ2v) is 10.9. The average molecular weight is 506 g/mol. The summed E-state index contributed by atoms with van der Waals surface area (Å²) < 4.78 is 66.2. The number of benzene rings is 1. The molecule has 2 aliphatic heterocycles. The molecule has 0 radical (unpaired) electrons. The zero-order valence-electron chi connectivity index (χ0n) is 17.8. The van der Waals surface area contributed by atoms with E-state index in [2.05, 4.69) is 9.82 Å². The van der Waals surface area contributed by atoms with Gasteiger partial charge in [0.25, 0.3) is 0 Å². The van der Waals surface area contributed by atoms with Crippen LogP contribution in [0.4, 0.5) is 23.7 Å². The van der Waals surface area contributed by atoms with Crippen molar-refractivity contribution < 1.29 is 26.4 Å². The van der Waals surface area contributed by atoms with Gasteiger partial charge in [-0.25, -0.2) is 13.2 Å². The van der Waals surface area contributed by atoms with E-state index in [1.54, 1.807) is 4.90 Å². The molecule has 8 nitrogen and oxygen atoms in total. The second kappa shape index (κ2) is 8.48. The Bertz CT molecular complexity index is 1170. The molecule has 1 unspecified atom stereocenters. The first-order valence-electron chi connectivity index (χ1n) is 10.2. The van der Waals surface area contributed by atoms with Gasteiger partial charge in [-0.05, 0) is 43.1 Å². The van der Waals surface area contributed by atoms with E-state index in [0.29, 0.717) is 26.2 Å². The number of anilines is 1. The maximum Gasteiger partial charge on any atom is 0.416 e. The number of rotatable bonds is 4. The monoisotopic (exact) mass is 505 g/mol. The number of halogens is 4. The molecule has 33 heavy (non-hydrogen) atoms. The molecule has 180 valence electrons. The highest BCUT2D eigenvalue weighted by Gasteiger charge is 2.45. The molecule has 0 bridgehead atoms. The highest BCUT2D eigenvalue weighted by molar-refractivity contribution is 7.92. The van der Waals surface area contributed by atoms with Gasteiger partial charge in [0, 0.05) is 36.6 Å². The summed E-state index contributed by atoms with van der Waals surface area (Å²) in [4.78, 5) is 16.4. The first-order chi connectivity index (χ1) is 15.3. The van der Waals surface area contributed by atoms with Crippen molar-refractivity contribution >= 4 is 33.3 Å². The standard InChI is InChI=1S/C20H23ClF3N5O3S/c1-33(31,32)26-16-9-25-29(11-16)18(30)28-7-5-19(13-28)4-6-27(12-19)10-14-8-15(21)2-3-17(14)20(22,23)24/h2-3,8-9,11,26H,4-7,10,12-13H2,1H3. The Morgan fingerprint density at radius 3 is 2.67 bits per heavy atom. The Morgan fingerprint density at radius 1 is 1.24 bits per heavy atom.